The standard InChI is InChI=1S/C12H9ClN4O/c13-10-4-2-9(3-5-10)12-15-11(18-16-12)8-17-7-1-6-14-17/h1-7H,8H2. The fourth-order valence-electron chi connectivity index (χ4n) is 1.57. The maximum absolute atomic E-state index is 5.82. The van der Waals surface area contributed by atoms with Crippen LogP contribution < -0.4 is 0 Å². The van der Waals surface area contributed by atoms with E-state index >= 15 is 0 Å². The van der Waals surface area contributed by atoms with Crippen molar-refractivity contribution in [1.29, 1.82) is 0 Å². The Kier molecular flexibility index (Phi) is 2.82. The molecule has 3 rings (SSSR count). The maximum atomic E-state index is 5.82. The van der Waals surface area contributed by atoms with E-state index in [9.17, 15) is 0 Å². The summed E-state index contributed by atoms with van der Waals surface area (Å²) >= 11 is 5.82. The molecule has 0 N–H and O–H groups in total. The molecule has 2 aromatic heterocycles. The van der Waals surface area contributed by atoms with E-state index in [1.165, 1.54) is 0 Å². The minimum absolute atomic E-state index is 0.466. The van der Waals surface area contributed by atoms with Gasteiger partial charge >= 0.3 is 0 Å². The van der Waals surface area contributed by atoms with E-state index in [1.54, 1.807) is 23.0 Å². The van der Waals surface area contributed by atoms with Crippen LogP contribution in [0.1, 0.15) is 5.89 Å². The van der Waals surface area contributed by atoms with Crippen molar-refractivity contribution >= 4 is 11.6 Å². The quantitative estimate of drug-likeness (QED) is 0.726. The summed E-state index contributed by atoms with van der Waals surface area (Å²) < 4.78 is 6.89. The average Bonchev–Trinajstić information content (AvgIpc) is 3.02. The first-order valence-electron chi connectivity index (χ1n) is 5.37. The van der Waals surface area contributed by atoms with E-state index in [-0.39, 0.29) is 0 Å². The van der Waals surface area contributed by atoms with Crippen LogP contribution in [0.2, 0.25) is 5.02 Å². The molecule has 1 aromatic carbocycles. The fraction of sp³-hybridized carbons (Fsp3) is 0.0833. The van der Waals surface area contributed by atoms with Crippen LogP contribution in [0, 0.1) is 0 Å². The van der Waals surface area contributed by atoms with Gasteiger partial charge in [0.25, 0.3) is 0 Å². The number of nitrogens with zero attached hydrogens (tertiary/aromatic N) is 4. The predicted molar refractivity (Wildman–Crippen MR) is 66.1 cm³/mol. The van der Waals surface area contributed by atoms with E-state index in [0.717, 1.165) is 5.56 Å². The van der Waals surface area contributed by atoms with Gasteiger partial charge in [0.15, 0.2) is 0 Å². The van der Waals surface area contributed by atoms with Crippen LogP contribution in [-0.2, 0) is 6.54 Å². The smallest absolute Gasteiger partial charge is 0.248 e. The molecule has 0 spiro atoms. The zero-order valence-corrected chi connectivity index (χ0v) is 10.1. The lowest BCUT2D eigenvalue weighted by Crippen LogP contribution is -1.99. The van der Waals surface area contributed by atoms with Crippen molar-refractivity contribution in [3.8, 4) is 11.4 Å². The Hall–Kier alpha value is -2.14. The van der Waals surface area contributed by atoms with Gasteiger partial charge in [-0.1, -0.05) is 16.8 Å². The van der Waals surface area contributed by atoms with E-state index in [4.69, 9.17) is 16.1 Å². The first-order valence-corrected chi connectivity index (χ1v) is 5.75. The molecule has 0 saturated carbocycles. The second-order valence-corrected chi connectivity index (χ2v) is 4.16. The maximum Gasteiger partial charge on any atom is 0.248 e. The number of halogens is 1. The predicted octanol–water partition coefficient (Wildman–Crippen LogP) is 2.63. The molecular weight excluding hydrogens is 252 g/mol. The molecule has 0 radical (unpaired) electrons. The molecule has 0 fully saturated rings. The fourth-order valence-corrected chi connectivity index (χ4v) is 1.69. The van der Waals surface area contributed by atoms with Crippen molar-refractivity contribution in [1.82, 2.24) is 19.9 Å². The Bertz CT molecular complexity index is 630. The van der Waals surface area contributed by atoms with E-state index < -0.39 is 0 Å². The number of hydrogen-bond acceptors (Lipinski definition) is 4. The van der Waals surface area contributed by atoms with Gasteiger partial charge in [-0.15, -0.1) is 0 Å². The summed E-state index contributed by atoms with van der Waals surface area (Å²) in [6.07, 6.45) is 3.54. The van der Waals surface area contributed by atoms with Gasteiger partial charge in [-0.25, -0.2) is 0 Å². The molecule has 0 aliphatic rings. The summed E-state index contributed by atoms with van der Waals surface area (Å²) in [4.78, 5) is 4.30. The lowest BCUT2D eigenvalue weighted by Gasteiger charge is -1.94. The summed E-state index contributed by atoms with van der Waals surface area (Å²) in [5.41, 5.74) is 0.870. The Labute approximate surface area is 108 Å². The normalized spacial score (nSPS) is 10.7. The van der Waals surface area contributed by atoms with Gasteiger partial charge in [-0.3, -0.25) is 4.68 Å². The molecule has 0 saturated heterocycles. The second-order valence-electron chi connectivity index (χ2n) is 3.72. The van der Waals surface area contributed by atoms with Gasteiger partial charge in [-0.05, 0) is 30.3 Å². The highest BCUT2D eigenvalue weighted by atomic mass is 35.5. The molecule has 2 heterocycles. The third-order valence-corrected chi connectivity index (χ3v) is 2.68. The molecular formula is C12H9ClN4O. The van der Waals surface area contributed by atoms with Crippen molar-refractivity contribution in [2.75, 3.05) is 0 Å². The van der Waals surface area contributed by atoms with Crippen LogP contribution in [0.15, 0.2) is 47.2 Å². The molecule has 0 atom stereocenters. The first-order chi connectivity index (χ1) is 8.81. The van der Waals surface area contributed by atoms with Crippen molar-refractivity contribution in [3.63, 3.8) is 0 Å². The summed E-state index contributed by atoms with van der Waals surface area (Å²) in [6, 6.07) is 9.13. The molecule has 5 nitrogen and oxygen atoms in total. The summed E-state index contributed by atoms with van der Waals surface area (Å²) in [7, 11) is 0. The van der Waals surface area contributed by atoms with Gasteiger partial charge < -0.3 is 4.52 Å². The van der Waals surface area contributed by atoms with Crippen LogP contribution in [0.4, 0.5) is 0 Å². The van der Waals surface area contributed by atoms with Crippen molar-refractivity contribution in [2.45, 2.75) is 6.54 Å². The van der Waals surface area contributed by atoms with Gasteiger partial charge in [0.2, 0.25) is 11.7 Å². The largest absolute Gasteiger partial charge is 0.337 e. The van der Waals surface area contributed by atoms with Crippen molar-refractivity contribution in [3.05, 3.63) is 53.6 Å². The zero-order valence-electron chi connectivity index (χ0n) is 9.32. The Morgan fingerprint density at radius 3 is 2.78 bits per heavy atom. The van der Waals surface area contributed by atoms with Gasteiger partial charge in [0.05, 0.1) is 0 Å². The molecule has 6 heteroatoms. The monoisotopic (exact) mass is 260 g/mol. The van der Waals surface area contributed by atoms with Crippen LogP contribution in [-0.4, -0.2) is 19.9 Å². The van der Waals surface area contributed by atoms with Crippen LogP contribution in [0.5, 0.6) is 0 Å². The number of benzene rings is 1. The molecule has 18 heavy (non-hydrogen) atoms. The highest BCUT2D eigenvalue weighted by molar-refractivity contribution is 6.30. The number of aromatic nitrogens is 4. The minimum Gasteiger partial charge on any atom is -0.337 e. The summed E-state index contributed by atoms with van der Waals surface area (Å²) in [5.74, 6) is 1.07. The van der Waals surface area contributed by atoms with Gasteiger partial charge in [-0.2, -0.15) is 10.1 Å². The van der Waals surface area contributed by atoms with Crippen molar-refractivity contribution < 1.29 is 4.52 Å². The van der Waals surface area contributed by atoms with Gasteiger partial charge in [0.1, 0.15) is 6.54 Å². The lowest BCUT2D eigenvalue weighted by molar-refractivity contribution is 0.366. The zero-order chi connectivity index (χ0) is 12.4. The second kappa shape index (κ2) is 4.62. The Morgan fingerprint density at radius 2 is 2.06 bits per heavy atom. The SMILES string of the molecule is Clc1ccc(-c2noc(Cn3cccn3)n2)cc1. The molecule has 0 aliphatic carbocycles. The molecule has 0 amide bonds. The molecule has 90 valence electrons. The topological polar surface area (TPSA) is 56.7 Å². The number of rotatable bonds is 3. The summed E-state index contributed by atoms with van der Waals surface area (Å²) in [6.45, 7) is 0.466. The molecule has 3 aromatic rings. The summed E-state index contributed by atoms with van der Waals surface area (Å²) in [5, 5.41) is 8.68. The van der Waals surface area contributed by atoms with E-state index in [0.29, 0.717) is 23.3 Å². The van der Waals surface area contributed by atoms with Crippen LogP contribution in [0.25, 0.3) is 11.4 Å². The highest BCUT2D eigenvalue weighted by Gasteiger charge is 2.08. The van der Waals surface area contributed by atoms with Crippen LogP contribution >= 0.6 is 11.6 Å². The molecule has 0 bridgehead atoms. The Morgan fingerprint density at radius 1 is 1.22 bits per heavy atom. The highest BCUT2D eigenvalue weighted by Crippen LogP contribution is 2.18. The lowest BCUT2D eigenvalue weighted by atomic mass is 10.2. The Balaban J connectivity index is 1.83. The number of hydrogen-bond donors (Lipinski definition) is 0. The van der Waals surface area contributed by atoms with Crippen molar-refractivity contribution in [2.24, 2.45) is 0 Å². The minimum atomic E-state index is 0.466. The van der Waals surface area contributed by atoms with E-state index in [1.807, 2.05) is 24.4 Å². The molecule has 0 aliphatic heterocycles. The first kappa shape index (κ1) is 11.0. The van der Waals surface area contributed by atoms with E-state index in [2.05, 4.69) is 15.2 Å². The molecule has 0 unspecified atom stereocenters. The average molecular weight is 261 g/mol. The van der Waals surface area contributed by atoms with Gasteiger partial charge in [0, 0.05) is 23.0 Å². The third-order valence-electron chi connectivity index (χ3n) is 2.43. The van der Waals surface area contributed by atoms with Crippen LogP contribution in [0.3, 0.4) is 0 Å². The third kappa shape index (κ3) is 2.26.